The lowest BCUT2D eigenvalue weighted by molar-refractivity contribution is 0.459. The van der Waals surface area contributed by atoms with Crippen molar-refractivity contribution < 1.29 is 4.42 Å². The van der Waals surface area contributed by atoms with Crippen LogP contribution >= 0.6 is 0 Å². The van der Waals surface area contributed by atoms with Gasteiger partial charge in [0.1, 0.15) is 13.7 Å². The Bertz CT molecular complexity index is 3260. The summed E-state index contributed by atoms with van der Waals surface area (Å²) in [6.07, 6.45) is 13.4. The Morgan fingerprint density at radius 3 is 1.74 bits per heavy atom. The molecular weight excluding hydrogens is 818 g/mol. The van der Waals surface area contributed by atoms with Crippen molar-refractivity contribution in [1.82, 2.24) is 0 Å². The van der Waals surface area contributed by atoms with E-state index in [0.717, 1.165) is 33.3 Å². The van der Waals surface area contributed by atoms with Gasteiger partial charge in [0.2, 0.25) is 0 Å². The SMILES string of the molecule is c1ccc(N(c2ccccc2)c2cc3c4c(c2)[Si](C2CCCCC2)(C2CCCCC2)c2ccccc2N4c2cccc4c2B3c2ccc3c(oc5ccccc53)c2N4c2ccccc2)cc1. The predicted molar refractivity (Wildman–Crippen MR) is 281 cm³/mol. The quantitative estimate of drug-likeness (QED) is 0.155. The minimum absolute atomic E-state index is 0.0307. The molecule has 5 aliphatic rings. The predicted octanol–water partition coefficient (Wildman–Crippen LogP) is 13.7. The van der Waals surface area contributed by atoms with Gasteiger partial charge in [0.25, 0.3) is 6.71 Å². The summed E-state index contributed by atoms with van der Waals surface area (Å²) in [5, 5.41) is 5.68. The van der Waals surface area contributed by atoms with E-state index >= 15 is 0 Å². The molecule has 0 atom stereocenters. The van der Waals surface area contributed by atoms with Gasteiger partial charge in [0.15, 0.2) is 5.58 Å². The van der Waals surface area contributed by atoms with Crippen molar-refractivity contribution in [2.45, 2.75) is 75.3 Å². The summed E-state index contributed by atoms with van der Waals surface area (Å²) in [7, 11) is -2.54. The van der Waals surface area contributed by atoms with Crippen LogP contribution in [0.3, 0.4) is 0 Å². The van der Waals surface area contributed by atoms with Crippen molar-refractivity contribution in [1.29, 1.82) is 0 Å². The number of furan rings is 1. The zero-order chi connectivity index (χ0) is 43.3. The molecule has 9 aromatic rings. The molecule has 4 nitrogen and oxygen atoms in total. The normalized spacial score (nSPS) is 17.3. The summed E-state index contributed by atoms with van der Waals surface area (Å²) in [4.78, 5) is 7.84. The largest absolute Gasteiger partial charge is 0.454 e. The molecule has 0 radical (unpaired) electrons. The Hall–Kier alpha value is -6.76. The second kappa shape index (κ2) is 15.1. The Labute approximate surface area is 389 Å². The molecule has 0 saturated heterocycles. The first-order valence-electron chi connectivity index (χ1n) is 24.7. The Morgan fingerprint density at radius 2 is 1.05 bits per heavy atom. The number of hydrogen-bond donors (Lipinski definition) is 0. The number of nitrogens with zero attached hydrogens (tertiary/aromatic N) is 3. The van der Waals surface area contributed by atoms with E-state index in [-0.39, 0.29) is 6.71 Å². The highest BCUT2D eigenvalue weighted by atomic mass is 28.3. The van der Waals surface area contributed by atoms with Gasteiger partial charge >= 0.3 is 0 Å². The van der Waals surface area contributed by atoms with Gasteiger partial charge in [-0.25, -0.2) is 0 Å². The topological polar surface area (TPSA) is 22.9 Å². The third-order valence-corrected chi connectivity index (χ3v) is 22.7. The maximum Gasteiger partial charge on any atom is 0.252 e. The van der Waals surface area contributed by atoms with Crippen molar-refractivity contribution in [3.8, 4) is 0 Å². The van der Waals surface area contributed by atoms with Gasteiger partial charge in [-0.1, -0.05) is 173 Å². The fraction of sp³-hybridized carbons (Fsp3) is 0.200. The molecule has 0 N–H and O–H groups in total. The number of para-hydroxylation sites is 5. The highest BCUT2D eigenvalue weighted by Crippen LogP contribution is 2.55. The Balaban J connectivity index is 1.15. The minimum atomic E-state index is -2.54. The van der Waals surface area contributed by atoms with Crippen LogP contribution in [0.4, 0.5) is 51.2 Å². The van der Waals surface area contributed by atoms with E-state index in [2.05, 4.69) is 197 Å². The molecule has 66 heavy (non-hydrogen) atoms. The molecule has 2 fully saturated rings. The fourth-order valence-corrected chi connectivity index (χ4v) is 21.3. The van der Waals surface area contributed by atoms with Gasteiger partial charge in [-0.2, -0.15) is 0 Å². The maximum atomic E-state index is 7.09. The van der Waals surface area contributed by atoms with Crippen LogP contribution in [-0.2, 0) is 0 Å². The van der Waals surface area contributed by atoms with E-state index in [1.54, 1.807) is 10.4 Å². The molecule has 4 heterocycles. The van der Waals surface area contributed by atoms with Gasteiger partial charge in [-0.05, 0) is 111 Å². The van der Waals surface area contributed by atoms with Crippen LogP contribution in [-0.4, -0.2) is 14.8 Å². The second-order valence-corrected chi connectivity index (χ2v) is 24.1. The van der Waals surface area contributed by atoms with Crippen molar-refractivity contribution in [3.05, 3.63) is 182 Å². The zero-order valence-corrected chi connectivity index (χ0v) is 38.4. The Morgan fingerprint density at radius 1 is 0.455 bits per heavy atom. The standard InChI is InChI=1S/C60H52BN3OSi/c1-6-21-41(22-7-1)62(42-23-8-2-9-24-42)44-39-50-58-56(40-44)66(45-27-12-4-13-28-45,46-29-14-5-15-30-46)55-36-19-17-32-51(55)64(58)53-34-20-33-52-57(53)61(50)49-38-37-48-47-31-16-18-35-54(47)65-60(48)59(49)63(52)43-25-10-3-11-26-43/h1-3,6-11,16-26,31-40,45-46H,4-5,12-15,27-30H2. The first-order chi connectivity index (χ1) is 32.8. The van der Waals surface area contributed by atoms with Gasteiger partial charge < -0.3 is 19.1 Å². The molecule has 0 amide bonds. The van der Waals surface area contributed by atoms with E-state index in [1.165, 1.54) is 120 Å². The molecular formula is C60H52BN3OSi. The molecule has 0 bridgehead atoms. The van der Waals surface area contributed by atoms with E-state index < -0.39 is 8.07 Å². The van der Waals surface area contributed by atoms with Crippen molar-refractivity contribution >= 4 is 115 Å². The lowest BCUT2D eigenvalue weighted by Crippen LogP contribution is -2.72. The lowest BCUT2D eigenvalue weighted by atomic mass is 9.33. The van der Waals surface area contributed by atoms with Gasteiger partial charge in [-0.3, -0.25) is 0 Å². The van der Waals surface area contributed by atoms with E-state index in [9.17, 15) is 0 Å². The number of anilines is 9. The summed E-state index contributed by atoms with van der Waals surface area (Å²) in [6, 6.07) is 69.0. The second-order valence-electron chi connectivity index (χ2n) is 19.6. The maximum absolute atomic E-state index is 7.09. The molecule has 6 heteroatoms. The molecule has 8 aromatic carbocycles. The smallest absolute Gasteiger partial charge is 0.252 e. The molecule has 320 valence electrons. The molecule has 1 aromatic heterocycles. The van der Waals surface area contributed by atoms with Crippen LogP contribution in [0.5, 0.6) is 0 Å². The first-order valence-corrected chi connectivity index (χ1v) is 26.8. The van der Waals surface area contributed by atoms with E-state index in [0.29, 0.717) is 11.1 Å². The summed E-state index contributed by atoms with van der Waals surface area (Å²) in [5.41, 5.74) is 18.7. The molecule has 2 aliphatic carbocycles. The van der Waals surface area contributed by atoms with Gasteiger partial charge in [0, 0.05) is 56.3 Å². The lowest BCUT2D eigenvalue weighted by Gasteiger charge is -2.56. The molecule has 3 aliphatic heterocycles. The van der Waals surface area contributed by atoms with E-state index in [4.69, 9.17) is 4.42 Å². The minimum Gasteiger partial charge on any atom is -0.454 e. The average molecular weight is 870 g/mol. The number of hydrogen-bond acceptors (Lipinski definition) is 4. The van der Waals surface area contributed by atoms with Gasteiger partial charge in [-0.15, -0.1) is 0 Å². The van der Waals surface area contributed by atoms with Crippen LogP contribution in [0.25, 0.3) is 21.9 Å². The summed E-state index contributed by atoms with van der Waals surface area (Å²) < 4.78 is 7.09. The molecule has 0 spiro atoms. The van der Waals surface area contributed by atoms with Crippen molar-refractivity contribution in [2.24, 2.45) is 0 Å². The number of benzene rings is 8. The molecule has 14 rings (SSSR count). The summed E-state index contributed by atoms with van der Waals surface area (Å²) in [5.74, 6) is 0. The average Bonchev–Trinajstić information content (AvgIpc) is 3.78. The van der Waals surface area contributed by atoms with Crippen LogP contribution < -0.4 is 41.5 Å². The highest BCUT2D eigenvalue weighted by molar-refractivity contribution is 7.08. The summed E-state index contributed by atoms with van der Waals surface area (Å²) >= 11 is 0. The van der Waals surface area contributed by atoms with Gasteiger partial charge in [0.05, 0.1) is 5.69 Å². The van der Waals surface area contributed by atoms with Crippen LogP contribution in [0.2, 0.25) is 11.1 Å². The Kier molecular flexibility index (Phi) is 8.84. The number of rotatable bonds is 6. The highest BCUT2D eigenvalue weighted by Gasteiger charge is 2.58. The van der Waals surface area contributed by atoms with E-state index in [1.807, 2.05) is 0 Å². The number of fused-ring (bicyclic) bond motifs is 10. The van der Waals surface area contributed by atoms with Crippen LogP contribution in [0, 0.1) is 0 Å². The third kappa shape index (κ3) is 5.45. The molecule has 2 saturated carbocycles. The van der Waals surface area contributed by atoms with Crippen molar-refractivity contribution in [3.63, 3.8) is 0 Å². The van der Waals surface area contributed by atoms with Crippen molar-refractivity contribution in [2.75, 3.05) is 14.7 Å². The zero-order valence-electron chi connectivity index (χ0n) is 37.4. The van der Waals surface area contributed by atoms with Crippen LogP contribution in [0.15, 0.2) is 186 Å². The molecule has 0 unspecified atom stereocenters. The third-order valence-electron chi connectivity index (χ3n) is 16.4. The first kappa shape index (κ1) is 38.5. The summed E-state index contributed by atoms with van der Waals surface area (Å²) in [6.45, 7) is -0.0307. The fourth-order valence-electron chi connectivity index (χ4n) is 13.9. The van der Waals surface area contributed by atoms with Crippen LogP contribution in [0.1, 0.15) is 64.2 Å². The monoisotopic (exact) mass is 869 g/mol.